The van der Waals surface area contributed by atoms with E-state index in [2.05, 4.69) is 9.97 Å². The Morgan fingerprint density at radius 1 is 0.973 bits per heavy atom. The van der Waals surface area contributed by atoms with E-state index in [1.54, 1.807) is 0 Å². The molecule has 3 aromatic rings. The molecule has 1 heterocycles. The van der Waals surface area contributed by atoms with E-state index in [-0.39, 0.29) is 11.8 Å². The summed E-state index contributed by atoms with van der Waals surface area (Å²) < 4.78 is 121. The molecular formula is C22H16F7N3O4S. The van der Waals surface area contributed by atoms with Crippen molar-refractivity contribution in [1.29, 1.82) is 0 Å². The van der Waals surface area contributed by atoms with Crippen LogP contribution in [0.5, 0.6) is 11.6 Å². The molecule has 7 nitrogen and oxygen atoms in total. The highest BCUT2D eigenvalue weighted by Gasteiger charge is 2.37. The molecule has 0 saturated carbocycles. The monoisotopic (exact) mass is 551 g/mol. The first kappa shape index (κ1) is 27.8. The van der Waals surface area contributed by atoms with Gasteiger partial charge in [0.25, 0.3) is 5.91 Å². The number of amides is 1. The van der Waals surface area contributed by atoms with E-state index >= 15 is 0 Å². The summed E-state index contributed by atoms with van der Waals surface area (Å²) in [6, 6.07) is 5.21. The summed E-state index contributed by atoms with van der Waals surface area (Å²) in [5.74, 6) is -2.27. The van der Waals surface area contributed by atoms with Crippen molar-refractivity contribution in [2.24, 2.45) is 0 Å². The van der Waals surface area contributed by atoms with Crippen molar-refractivity contribution in [3.05, 3.63) is 76.7 Å². The van der Waals surface area contributed by atoms with Crippen molar-refractivity contribution in [1.82, 2.24) is 14.9 Å². The largest absolute Gasteiger partial charge is 0.438 e. The summed E-state index contributed by atoms with van der Waals surface area (Å²) in [6.45, 7) is -0.699. The zero-order valence-electron chi connectivity index (χ0n) is 18.9. The average Bonchev–Trinajstić information content (AvgIpc) is 2.78. The maximum absolute atomic E-state index is 13.2. The number of hydrogen-bond donors (Lipinski definition) is 0. The summed E-state index contributed by atoms with van der Waals surface area (Å²) in [5.41, 5.74) is -4.05. The van der Waals surface area contributed by atoms with Crippen LogP contribution < -0.4 is 4.74 Å². The smallest absolute Gasteiger partial charge is 0.416 e. The van der Waals surface area contributed by atoms with Crippen molar-refractivity contribution >= 4 is 15.7 Å². The Morgan fingerprint density at radius 3 is 2.00 bits per heavy atom. The molecule has 0 fully saturated rings. The van der Waals surface area contributed by atoms with E-state index in [9.17, 15) is 43.9 Å². The van der Waals surface area contributed by atoms with Crippen LogP contribution in [0.2, 0.25) is 0 Å². The lowest BCUT2D eigenvalue weighted by Crippen LogP contribution is -2.27. The first-order valence-electron chi connectivity index (χ1n) is 9.99. The highest BCUT2D eigenvalue weighted by Crippen LogP contribution is 2.36. The van der Waals surface area contributed by atoms with Gasteiger partial charge in [-0.15, -0.1) is 0 Å². The number of benzene rings is 2. The van der Waals surface area contributed by atoms with Gasteiger partial charge in [0.1, 0.15) is 17.1 Å². The van der Waals surface area contributed by atoms with Crippen LogP contribution in [0.4, 0.5) is 30.7 Å². The molecule has 0 aliphatic rings. The van der Waals surface area contributed by atoms with Gasteiger partial charge in [-0.1, -0.05) is 0 Å². The fourth-order valence-electron chi connectivity index (χ4n) is 3.03. The van der Waals surface area contributed by atoms with Gasteiger partial charge in [-0.3, -0.25) is 4.79 Å². The number of carbonyl (C=O) groups excluding carboxylic acids is 1. The minimum Gasteiger partial charge on any atom is -0.438 e. The summed E-state index contributed by atoms with van der Waals surface area (Å²) >= 11 is 0. The highest BCUT2D eigenvalue weighted by molar-refractivity contribution is 7.90. The number of ether oxygens (including phenoxy) is 1. The van der Waals surface area contributed by atoms with Gasteiger partial charge >= 0.3 is 12.4 Å². The van der Waals surface area contributed by atoms with Gasteiger partial charge in [-0.05, 0) is 48.0 Å². The highest BCUT2D eigenvalue weighted by atomic mass is 32.2. The summed E-state index contributed by atoms with van der Waals surface area (Å²) in [7, 11) is -2.89. The molecule has 15 heteroatoms. The second kappa shape index (κ2) is 9.95. The maximum Gasteiger partial charge on any atom is 0.416 e. The summed E-state index contributed by atoms with van der Waals surface area (Å²) in [5, 5.41) is -0.725. The van der Waals surface area contributed by atoms with E-state index < -0.39 is 73.7 Å². The predicted molar refractivity (Wildman–Crippen MR) is 114 cm³/mol. The Hall–Kier alpha value is -3.75. The van der Waals surface area contributed by atoms with E-state index in [1.165, 1.54) is 0 Å². The molecule has 0 radical (unpaired) electrons. The second-order valence-electron chi connectivity index (χ2n) is 7.77. The van der Waals surface area contributed by atoms with Crippen molar-refractivity contribution in [2.45, 2.75) is 24.1 Å². The predicted octanol–water partition coefficient (Wildman–Crippen LogP) is 5.12. The Labute approximate surface area is 205 Å². The van der Waals surface area contributed by atoms with Crippen molar-refractivity contribution < 1.29 is 48.7 Å². The molecule has 0 N–H and O–H groups in total. The first-order valence-corrected chi connectivity index (χ1v) is 11.9. The lowest BCUT2D eigenvalue weighted by molar-refractivity contribution is -0.143. The van der Waals surface area contributed by atoms with Crippen LogP contribution in [0, 0.1) is 5.82 Å². The van der Waals surface area contributed by atoms with Crippen LogP contribution in [-0.4, -0.2) is 42.5 Å². The minimum atomic E-state index is -5.08. The maximum atomic E-state index is 13.2. The Morgan fingerprint density at radius 2 is 1.51 bits per heavy atom. The normalized spacial score (nSPS) is 12.4. The third-order valence-corrected chi connectivity index (χ3v) is 5.60. The quantitative estimate of drug-likeness (QED) is 0.312. The number of aromatic nitrogens is 2. The van der Waals surface area contributed by atoms with Crippen LogP contribution in [0.1, 0.15) is 27.0 Å². The molecule has 3 rings (SSSR count). The van der Waals surface area contributed by atoms with Crippen molar-refractivity contribution in [2.75, 3.05) is 13.3 Å². The number of nitrogens with zero attached hydrogens (tertiary/aromatic N) is 3. The molecule has 1 amide bonds. The lowest BCUT2D eigenvalue weighted by Gasteiger charge is -2.20. The fraction of sp³-hybridized carbons (Fsp3) is 0.227. The van der Waals surface area contributed by atoms with E-state index in [0.717, 1.165) is 48.7 Å². The topological polar surface area (TPSA) is 89.5 Å². The Bertz CT molecular complexity index is 1390. The number of sulfone groups is 1. The van der Waals surface area contributed by atoms with Crippen LogP contribution in [0.3, 0.4) is 0 Å². The SMILES string of the molecule is CN(Cc1cc(C(F)(F)F)cc(C(F)(F)F)c1)C(=O)c1cnc(S(C)(=O)=O)nc1Oc1ccc(F)cc1. The van der Waals surface area contributed by atoms with Crippen LogP contribution in [0.15, 0.2) is 53.8 Å². The minimum absolute atomic E-state index is 0.0439. The Kier molecular flexibility index (Phi) is 7.49. The molecular weight excluding hydrogens is 535 g/mol. The number of rotatable bonds is 6. The molecule has 0 saturated heterocycles. The third kappa shape index (κ3) is 6.93. The zero-order chi connectivity index (χ0) is 27.8. The second-order valence-corrected chi connectivity index (χ2v) is 9.68. The van der Waals surface area contributed by atoms with E-state index in [4.69, 9.17) is 4.74 Å². The molecule has 198 valence electrons. The van der Waals surface area contributed by atoms with Gasteiger partial charge in [0.15, 0.2) is 0 Å². The molecule has 0 unspecified atom stereocenters. The van der Waals surface area contributed by atoms with Gasteiger partial charge in [0.05, 0.1) is 11.1 Å². The zero-order valence-corrected chi connectivity index (χ0v) is 19.7. The molecule has 1 aromatic heterocycles. The van der Waals surface area contributed by atoms with Gasteiger partial charge in [0.2, 0.25) is 20.9 Å². The van der Waals surface area contributed by atoms with Gasteiger partial charge < -0.3 is 9.64 Å². The molecule has 0 aliphatic carbocycles. The first-order chi connectivity index (χ1) is 16.9. The van der Waals surface area contributed by atoms with Crippen molar-refractivity contribution in [3.8, 4) is 11.6 Å². The number of hydrogen-bond acceptors (Lipinski definition) is 6. The molecule has 2 aromatic carbocycles. The fourth-order valence-corrected chi connectivity index (χ4v) is 3.52. The summed E-state index contributed by atoms with van der Waals surface area (Å²) in [6.07, 6.45) is -8.59. The van der Waals surface area contributed by atoms with E-state index in [1.807, 2.05) is 0 Å². The van der Waals surface area contributed by atoms with Crippen LogP contribution in [0.25, 0.3) is 0 Å². The molecule has 0 atom stereocenters. The van der Waals surface area contributed by atoms with Crippen LogP contribution in [-0.2, 0) is 28.7 Å². The molecule has 37 heavy (non-hydrogen) atoms. The number of halogens is 7. The van der Waals surface area contributed by atoms with Crippen molar-refractivity contribution in [3.63, 3.8) is 0 Å². The van der Waals surface area contributed by atoms with E-state index in [0.29, 0.717) is 12.1 Å². The van der Waals surface area contributed by atoms with Crippen LogP contribution >= 0.6 is 0 Å². The Balaban J connectivity index is 1.99. The van der Waals surface area contributed by atoms with Gasteiger partial charge in [0, 0.05) is 26.0 Å². The third-order valence-electron chi connectivity index (χ3n) is 4.74. The summed E-state index contributed by atoms with van der Waals surface area (Å²) in [4.78, 5) is 21.1. The standard InChI is InChI=1S/C22H16F7N3O4S/c1-32(11-12-7-13(21(24,25)26)9-14(8-12)22(27,28)29)19(33)17-10-30-20(37(2,34)35)31-18(17)36-16-5-3-15(23)4-6-16/h3-10H,11H2,1-2H3. The average molecular weight is 551 g/mol. The molecule has 0 aliphatic heterocycles. The molecule has 0 spiro atoms. The molecule has 0 bridgehead atoms. The lowest BCUT2D eigenvalue weighted by atomic mass is 10.0. The number of alkyl halides is 6. The van der Waals surface area contributed by atoms with Gasteiger partial charge in [-0.2, -0.15) is 31.3 Å². The van der Waals surface area contributed by atoms with Gasteiger partial charge in [-0.25, -0.2) is 17.8 Å². The number of carbonyl (C=O) groups is 1.